The molecule has 1 rings (SSSR count). The summed E-state index contributed by atoms with van der Waals surface area (Å²) >= 11 is 0. The predicted octanol–water partition coefficient (Wildman–Crippen LogP) is 2.94. The molecular weight excluding hydrogens is 152 g/mol. The molecule has 0 spiro atoms. The van der Waals surface area contributed by atoms with E-state index in [9.17, 15) is 0 Å². The van der Waals surface area contributed by atoms with Gasteiger partial charge in [-0.1, -0.05) is 33.1 Å². The smallest absolute Gasteiger partial charge is 0.0847 e. The number of hydrogen-bond acceptors (Lipinski definition) is 2. The van der Waals surface area contributed by atoms with Crippen molar-refractivity contribution < 1.29 is 10.1 Å². The van der Waals surface area contributed by atoms with Crippen LogP contribution >= 0.6 is 0 Å². The Balaban J connectivity index is 2.29. The first-order valence-electron chi connectivity index (χ1n) is 5.00. The summed E-state index contributed by atoms with van der Waals surface area (Å²) < 4.78 is 0. The van der Waals surface area contributed by atoms with Crippen molar-refractivity contribution in [3.05, 3.63) is 0 Å². The molecule has 1 N–H and O–H groups in total. The molecule has 0 bridgehead atoms. The van der Waals surface area contributed by atoms with Crippen LogP contribution in [0.2, 0.25) is 0 Å². The van der Waals surface area contributed by atoms with E-state index in [0.717, 1.165) is 11.8 Å². The lowest BCUT2D eigenvalue weighted by atomic mass is 9.76. The minimum Gasteiger partial charge on any atom is -0.252 e. The van der Waals surface area contributed by atoms with E-state index < -0.39 is 0 Å². The molecule has 1 fully saturated rings. The molecule has 12 heavy (non-hydrogen) atoms. The topological polar surface area (TPSA) is 29.5 Å². The minimum absolute atomic E-state index is 0.497. The van der Waals surface area contributed by atoms with Gasteiger partial charge in [0.1, 0.15) is 0 Å². The SMILES string of the molecule is CC1CCCC(C(C)COO)C1. The van der Waals surface area contributed by atoms with Crippen LogP contribution in [0.15, 0.2) is 0 Å². The Morgan fingerprint density at radius 1 is 1.50 bits per heavy atom. The lowest BCUT2D eigenvalue weighted by molar-refractivity contribution is -0.253. The Hall–Kier alpha value is -0.0800. The highest BCUT2D eigenvalue weighted by atomic mass is 17.1. The normalized spacial score (nSPS) is 33.2. The third kappa shape index (κ3) is 2.76. The Bertz CT molecular complexity index is 125. The van der Waals surface area contributed by atoms with Gasteiger partial charge in [0.15, 0.2) is 0 Å². The molecule has 0 heterocycles. The van der Waals surface area contributed by atoms with Crippen molar-refractivity contribution in [2.75, 3.05) is 6.61 Å². The standard InChI is InChI=1S/C10H20O2/c1-8-4-3-5-10(6-8)9(2)7-12-11/h8-11H,3-7H2,1-2H3. The third-order valence-electron chi connectivity index (χ3n) is 3.12. The van der Waals surface area contributed by atoms with Gasteiger partial charge in [-0.3, -0.25) is 5.26 Å². The van der Waals surface area contributed by atoms with E-state index in [4.69, 9.17) is 5.26 Å². The molecule has 1 aliphatic rings. The molecule has 0 saturated heterocycles. The van der Waals surface area contributed by atoms with Crippen molar-refractivity contribution in [2.45, 2.75) is 39.5 Å². The van der Waals surface area contributed by atoms with Gasteiger partial charge in [-0.15, -0.1) is 0 Å². The van der Waals surface area contributed by atoms with Crippen LogP contribution in [0.25, 0.3) is 0 Å². The van der Waals surface area contributed by atoms with E-state index in [1.165, 1.54) is 25.7 Å². The fraction of sp³-hybridized carbons (Fsp3) is 1.00. The van der Waals surface area contributed by atoms with Crippen LogP contribution in [0.1, 0.15) is 39.5 Å². The highest BCUT2D eigenvalue weighted by Crippen LogP contribution is 2.33. The highest BCUT2D eigenvalue weighted by molar-refractivity contribution is 4.74. The van der Waals surface area contributed by atoms with Crippen molar-refractivity contribution in [3.8, 4) is 0 Å². The van der Waals surface area contributed by atoms with E-state index in [2.05, 4.69) is 18.7 Å². The summed E-state index contributed by atoms with van der Waals surface area (Å²) in [7, 11) is 0. The zero-order chi connectivity index (χ0) is 8.97. The second-order valence-electron chi connectivity index (χ2n) is 4.30. The van der Waals surface area contributed by atoms with E-state index in [0.29, 0.717) is 12.5 Å². The maximum Gasteiger partial charge on any atom is 0.0847 e. The molecule has 0 amide bonds. The van der Waals surface area contributed by atoms with Crippen molar-refractivity contribution in [2.24, 2.45) is 17.8 Å². The largest absolute Gasteiger partial charge is 0.252 e. The lowest BCUT2D eigenvalue weighted by Gasteiger charge is -2.30. The molecule has 0 aromatic carbocycles. The molecule has 72 valence electrons. The summed E-state index contributed by atoms with van der Waals surface area (Å²) in [5.74, 6) is 2.14. The van der Waals surface area contributed by atoms with Gasteiger partial charge in [0.25, 0.3) is 0 Å². The molecule has 1 saturated carbocycles. The van der Waals surface area contributed by atoms with Crippen LogP contribution in [-0.2, 0) is 4.89 Å². The second kappa shape index (κ2) is 4.83. The summed E-state index contributed by atoms with van der Waals surface area (Å²) in [5, 5.41) is 8.33. The van der Waals surface area contributed by atoms with Crippen LogP contribution in [0, 0.1) is 17.8 Å². The Labute approximate surface area is 74.9 Å². The first-order valence-corrected chi connectivity index (χ1v) is 5.00. The molecule has 0 aromatic heterocycles. The van der Waals surface area contributed by atoms with Gasteiger partial charge in [0, 0.05) is 0 Å². The molecule has 3 unspecified atom stereocenters. The van der Waals surface area contributed by atoms with Gasteiger partial charge in [-0.25, -0.2) is 4.89 Å². The minimum atomic E-state index is 0.497. The van der Waals surface area contributed by atoms with Crippen LogP contribution in [-0.4, -0.2) is 11.9 Å². The van der Waals surface area contributed by atoms with Crippen LogP contribution < -0.4 is 0 Å². The van der Waals surface area contributed by atoms with Crippen molar-refractivity contribution >= 4 is 0 Å². The van der Waals surface area contributed by atoms with E-state index in [1.807, 2.05) is 0 Å². The van der Waals surface area contributed by atoms with Crippen LogP contribution in [0.3, 0.4) is 0 Å². The molecule has 0 aromatic rings. The van der Waals surface area contributed by atoms with Crippen molar-refractivity contribution in [3.63, 3.8) is 0 Å². The van der Waals surface area contributed by atoms with Gasteiger partial charge in [-0.2, -0.15) is 0 Å². The average molecular weight is 172 g/mol. The molecule has 0 radical (unpaired) electrons. The first-order chi connectivity index (χ1) is 5.74. The van der Waals surface area contributed by atoms with E-state index in [-0.39, 0.29) is 0 Å². The summed E-state index contributed by atoms with van der Waals surface area (Å²) in [5.41, 5.74) is 0. The molecular formula is C10H20O2. The highest BCUT2D eigenvalue weighted by Gasteiger charge is 2.23. The zero-order valence-corrected chi connectivity index (χ0v) is 8.12. The fourth-order valence-corrected chi connectivity index (χ4v) is 2.25. The quantitative estimate of drug-likeness (QED) is 0.524. The lowest BCUT2D eigenvalue weighted by Crippen LogP contribution is -2.22. The van der Waals surface area contributed by atoms with Gasteiger partial charge >= 0.3 is 0 Å². The predicted molar refractivity (Wildman–Crippen MR) is 48.9 cm³/mol. The number of hydrogen-bond donors (Lipinski definition) is 1. The van der Waals surface area contributed by atoms with Gasteiger partial charge in [0.2, 0.25) is 0 Å². The van der Waals surface area contributed by atoms with Gasteiger partial charge < -0.3 is 0 Å². The maximum absolute atomic E-state index is 8.33. The Kier molecular flexibility index (Phi) is 4.02. The van der Waals surface area contributed by atoms with Crippen LogP contribution in [0.4, 0.5) is 0 Å². The summed E-state index contributed by atoms with van der Waals surface area (Å²) in [6, 6.07) is 0. The molecule has 2 heteroatoms. The van der Waals surface area contributed by atoms with Crippen molar-refractivity contribution in [1.82, 2.24) is 0 Å². The maximum atomic E-state index is 8.33. The second-order valence-corrected chi connectivity index (χ2v) is 4.30. The van der Waals surface area contributed by atoms with Crippen molar-refractivity contribution in [1.29, 1.82) is 0 Å². The zero-order valence-electron chi connectivity index (χ0n) is 8.12. The molecule has 1 aliphatic carbocycles. The molecule has 3 atom stereocenters. The fourth-order valence-electron chi connectivity index (χ4n) is 2.25. The first kappa shape index (κ1) is 10.0. The van der Waals surface area contributed by atoms with Gasteiger partial charge in [0.05, 0.1) is 6.61 Å². The monoisotopic (exact) mass is 172 g/mol. The Morgan fingerprint density at radius 3 is 2.83 bits per heavy atom. The van der Waals surface area contributed by atoms with E-state index in [1.54, 1.807) is 0 Å². The molecule has 0 aliphatic heterocycles. The van der Waals surface area contributed by atoms with E-state index >= 15 is 0 Å². The Morgan fingerprint density at radius 2 is 2.25 bits per heavy atom. The summed E-state index contributed by atoms with van der Waals surface area (Å²) in [4.78, 5) is 4.19. The number of rotatable bonds is 3. The summed E-state index contributed by atoms with van der Waals surface area (Å²) in [6.07, 6.45) is 5.35. The van der Waals surface area contributed by atoms with Crippen LogP contribution in [0.5, 0.6) is 0 Å². The molecule has 2 nitrogen and oxygen atoms in total. The summed E-state index contributed by atoms with van der Waals surface area (Å²) in [6.45, 7) is 4.98. The van der Waals surface area contributed by atoms with Gasteiger partial charge in [-0.05, 0) is 24.2 Å². The third-order valence-corrected chi connectivity index (χ3v) is 3.12. The average Bonchev–Trinajstić information content (AvgIpc) is 2.05.